The lowest BCUT2D eigenvalue weighted by molar-refractivity contribution is -0.136. The fourth-order valence-electron chi connectivity index (χ4n) is 2.33. The Kier molecular flexibility index (Phi) is 3.90. The SMILES string of the molecule is CN(CC1CC(O)C1)C(=O)c1ccoc1CC(=O)O. The second-order valence-electron chi connectivity index (χ2n) is 5.00. The highest BCUT2D eigenvalue weighted by molar-refractivity contribution is 5.95. The first-order valence-electron chi connectivity index (χ1n) is 6.19. The Morgan fingerprint density at radius 3 is 2.74 bits per heavy atom. The molecule has 19 heavy (non-hydrogen) atoms. The van der Waals surface area contributed by atoms with E-state index in [0.29, 0.717) is 30.9 Å². The summed E-state index contributed by atoms with van der Waals surface area (Å²) in [6, 6.07) is 1.49. The average molecular weight is 267 g/mol. The highest BCUT2D eigenvalue weighted by Gasteiger charge is 2.30. The van der Waals surface area contributed by atoms with Crippen molar-refractivity contribution >= 4 is 11.9 Å². The molecule has 6 nitrogen and oxygen atoms in total. The molecular weight excluding hydrogens is 250 g/mol. The number of aliphatic hydroxyl groups is 1. The third kappa shape index (κ3) is 3.14. The standard InChI is InChI=1S/C13H17NO5/c1-14(7-8-4-9(15)5-8)13(18)10-2-3-19-11(10)6-12(16)17/h2-3,8-9,15H,4-7H2,1H3,(H,16,17). The molecule has 2 N–H and O–H groups in total. The maximum Gasteiger partial charge on any atom is 0.311 e. The summed E-state index contributed by atoms with van der Waals surface area (Å²) in [5.74, 6) is -0.781. The van der Waals surface area contributed by atoms with Crippen molar-refractivity contribution in [1.82, 2.24) is 4.90 Å². The van der Waals surface area contributed by atoms with Crippen LogP contribution in [0.1, 0.15) is 29.0 Å². The van der Waals surface area contributed by atoms with Crippen molar-refractivity contribution in [2.75, 3.05) is 13.6 Å². The van der Waals surface area contributed by atoms with Crippen LogP contribution in [0.2, 0.25) is 0 Å². The van der Waals surface area contributed by atoms with E-state index in [2.05, 4.69) is 0 Å². The van der Waals surface area contributed by atoms with Crippen LogP contribution < -0.4 is 0 Å². The molecule has 1 aromatic heterocycles. The van der Waals surface area contributed by atoms with Gasteiger partial charge in [0.15, 0.2) is 0 Å². The van der Waals surface area contributed by atoms with Crippen LogP contribution in [0, 0.1) is 5.92 Å². The molecule has 0 spiro atoms. The van der Waals surface area contributed by atoms with Gasteiger partial charge < -0.3 is 19.5 Å². The van der Waals surface area contributed by atoms with Gasteiger partial charge in [0.25, 0.3) is 5.91 Å². The zero-order valence-corrected chi connectivity index (χ0v) is 10.7. The zero-order chi connectivity index (χ0) is 14.0. The topological polar surface area (TPSA) is 91.0 Å². The molecular formula is C13H17NO5. The molecule has 104 valence electrons. The van der Waals surface area contributed by atoms with E-state index in [9.17, 15) is 14.7 Å². The molecule has 0 atom stereocenters. The number of furan rings is 1. The highest BCUT2D eigenvalue weighted by atomic mass is 16.4. The number of aliphatic carboxylic acids is 1. The van der Waals surface area contributed by atoms with E-state index >= 15 is 0 Å². The summed E-state index contributed by atoms with van der Waals surface area (Å²) < 4.78 is 5.04. The molecule has 0 saturated heterocycles. The third-order valence-corrected chi connectivity index (χ3v) is 3.38. The largest absolute Gasteiger partial charge is 0.481 e. The second-order valence-corrected chi connectivity index (χ2v) is 5.00. The van der Waals surface area contributed by atoms with Gasteiger partial charge in [0.2, 0.25) is 0 Å². The van der Waals surface area contributed by atoms with Crippen LogP contribution in [0.3, 0.4) is 0 Å². The number of aliphatic hydroxyl groups excluding tert-OH is 1. The minimum Gasteiger partial charge on any atom is -0.481 e. The van der Waals surface area contributed by atoms with Gasteiger partial charge in [-0.1, -0.05) is 0 Å². The van der Waals surface area contributed by atoms with Crippen LogP contribution in [-0.4, -0.2) is 46.7 Å². The first kappa shape index (κ1) is 13.6. The Morgan fingerprint density at radius 1 is 1.47 bits per heavy atom. The molecule has 0 aromatic carbocycles. The molecule has 0 radical (unpaired) electrons. The molecule has 1 aliphatic carbocycles. The van der Waals surface area contributed by atoms with Crippen molar-refractivity contribution in [3.63, 3.8) is 0 Å². The molecule has 6 heteroatoms. The van der Waals surface area contributed by atoms with E-state index in [1.54, 1.807) is 11.9 Å². The number of hydrogen-bond acceptors (Lipinski definition) is 4. The summed E-state index contributed by atoms with van der Waals surface area (Å²) in [6.45, 7) is 0.563. The van der Waals surface area contributed by atoms with Crippen LogP contribution >= 0.6 is 0 Å². The normalized spacial score (nSPS) is 21.8. The first-order chi connectivity index (χ1) is 8.97. The number of carbonyl (C=O) groups is 2. The maximum absolute atomic E-state index is 12.2. The lowest BCUT2D eigenvalue weighted by atomic mass is 9.82. The van der Waals surface area contributed by atoms with E-state index < -0.39 is 5.97 Å². The number of nitrogens with zero attached hydrogens (tertiary/aromatic N) is 1. The molecule has 1 fully saturated rings. The lowest BCUT2D eigenvalue weighted by Crippen LogP contribution is -2.39. The third-order valence-electron chi connectivity index (χ3n) is 3.38. The predicted molar refractivity (Wildman–Crippen MR) is 65.7 cm³/mol. The minimum atomic E-state index is -1.03. The zero-order valence-electron chi connectivity index (χ0n) is 10.7. The molecule has 0 bridgehead atoms. The summed E-state index contributed by atoms with van der Waals surface area (Å²) in [7, 11) is 1.67. The van der Waals surface area contributed by atoms with E-state index in [1.165, 1.54) is 12.3 Å². The van der Waals surface area contributed by atoms with Gasteiger partial charge in [0, 0.05) is 13.6 Å². The number of carboxylic acids is 1. The molecule has 1 aromatic rings. The van der Waals surface area contributed by atoms with E-state index in [4.69, 9.17) is 9.52 Å². The molecule has 1 aliphatic rings. The van der Waals surface area contributed by atoms with Crippen LogP contribution in [-0.2, 0) is 11.2 Å². The summed E-state index contributed by atoms with van der Waals surface area (Å²) in [4.78, 5) is 24.4. The van der Waals surface area contributed by atoms with Crippen molar-refractivity contribution in [2.45, 2.75) is 25.4 Å². The fourth-order valence-corrected chi connectivity index (χ4v) is 2.33. The molecule has 1 heterocycles. The van der Waals surface area contributed by atoms with Gasteiger partial charge in [-0.15, -0.1) is 0 Å². The van der Waals surface area contributed by atoms with Gasteiger partial charge in [0.1, 0.15) is 12.2 Å². The van der Waals surface area contributed by atoms with Gasteiger partial charge in [-0.2, -0.15) is 0 Å². The Hall–Kier alpha value is -1.82. The van der Waals surface area contributed by atoms with E-state index in [-0.39, 0.29) is 24.2 Å². The molecule has 1 amide bonds. The van der Waals surface area contributed by atoms with Crippen LogP contribution in [0.5, 0.6) is 0 Å². The summed E-state index contributed by atoms with van der Waals surface area (Å²) in [5, 5.41) is 18.0. The Labute approximate surface area is 110 Å². The summed E-state index contributed by atoms with van der Waals surface area (Å²) >= 11 is 0. The summed E-state index contributed by atoms with van der Waals surface area (Å²) in [5.41, 5.74) is 0.296. The van der Waals surface area contributed by atoms with Gasteiger partial charge in [-0.25, -0.2) is 0 Å². The second kappa shape index (κ2) is 5.44. The molecule has 0 unspecified atom stereocenters. The Bertz CT molecular complexity index is 475. The van der Waals surface area contributed by atoms with Crippen LogP contribution in [0.15, 0.2) is 16.7 Å². The number of amides is 1. The van der Waals surface area contributed by atoms with Crippen molar-refractivity contribution in [3.8, 4) is 0 Å². The minimum absolute atomic E-state index is 0.179. The predicted octanol–water partition coefficient (Wildman–Crippen LogP) is 0.750. The maximum atomic E-state index is 12.2. The Balaban J connectivity index is 1.98. The number of carbonyl (C=O) groups excluding carboxylic acids is 1. The smallest absolute Gasteiger partial charge is 0.311 e. The average Bonchev–Trinajstić information content (AvgIpc) is 2.73. The molecule has 0 aliphatic heterocycles. The van der Waals surface area contributed by atoms with Gasteiger partial charge in [0.05, 0.1) is 17.9 Å². The van der Waals surface area contributed by atoms with Crippen LogP contribution in [0.4, 0.5) is 0 Å². The fraction of sp³-hybridized carbons (Fsp3) is 0.538. The van der Waals surface area contributed by atoms with E-state index in [0.717, 1.165) is 0 Å². The monoisotopic (exact) mass is 267 g/mol. The first-order valence-corrected chi connectivity index (χ1v) is 6.19. The van der Waals surface area contributed by atoms with Crippen molar-refractivity contribution in [2.24, 2.45) is 5.92 Å². The number of rotatable bonds is 5. The van der Waals surface area contributed by atoms with Crippen LogP contribution in [0.25, 0.3) is 0 Å². The number of carboxylic acid groups (broad SMARTS) is 1. The van der Waals surface area contributed by atoms with Gasteiger partial charge in [-0.05, 0) is 24.8 Å². The van der Waals surface area contributed by atoms with E-state index in [1.807, 2.05) is 0 Å². The molecule has 1 saturated carbocycles. The van der Waals surface area contributed by atoms with Gasteiger partial charge >= 0.3 is 5.97 Å². The Morgan fingerprint density at radius 2 is 2.16 bits per heavy atom. The van der Waals surface area contributed by atoms with Crippen molar-refractivity contribution in [3.05, 3.63) is 23.7 Å². The van der Waals surface area contributed by atoms with Crippen molar-refractivity contribution in [1.29, 1.82) is 0 Å². The molecule has 2 rings (SSSR count). The summed E-state index contributed by atoms with van der Waals surface area (Å²) in [6.07, 6.45) is 2.21. The van der Waals surface area contributed by atoms with Gasteiger partial charge in [-0.3, -0.25) is 9.59 Å². The number of hydrogen-bond donors (Lipinski definition) is 2. The quantitative estimate of drug-likeness (QED) is 0.821. The van der Waals surface area contributed by atoms with Crippen molar-refractivity contribution < 1.29 is 24.2 Å². The lowest BCUT2D eigenvalue weighted by Gasteiger charge is -2.34. The highest BCUT2D eigenvalue weighted by Crippen LogP contribution is 2.28.